The maximum Gasteiger partial charge on any atom is 0.0976 e. The van der Waals surface area contributed by atoms with Gasteiger partial charge in [0.05, 0.1) is 17.3 Å². The van der Waals surface area contributed by atoms with Gasteiger partial charge in [-0.05, 0) is 17.7 Å². The minimum Gasteiger partial charge on any atom is -0.378 e. The number of nitrogens with zero attached hydrogens (tertiary/aromatic N) is 1. The first-order valence-corrected chi connectivity index (χ1v) is 7.37. The van der Waals surface area contributed by atoms with Crippen molar-refractivity contribution in [3.63, 3.8) is 0 Å². The molecule has 2 nitrogen and oxygen atoms in total. The number of halogens is 1. The molecular formula is C13H14ClNOS2. The van der Waals surface area contributed by atoms with Gasteiger partial charge in [0.1, 0.15) is 0 Å². The van der Waals surface area contributed by atoms with Gasteiger partial charge in [0.2, 0.25) is 0 Å². The summed E-state index contributed by atoms with van der Waals surface area (Å²) in [6.45, 7) is 0.549. The van der Waals surface area contributed by atoms with Crippen molar-refractivity contribution in [2.75, 3.05) is 7.11 Å². The lowest BCUT2D eigenvalue weighted by Crippen LogP contribution is -1.92. The summed E-state index contributed by atoms with van der Waals surface area (Å²) in [5.41, 5.74) is 2.21. The molecule has 0 amide bonds. The molecule has 2 aromatic rings. The Kier molecular flexibility index (Phi) is 5.06. The van der Waals surface area contributed by atoms with Gasteiger partial charge in [-0.2, -0.15) is 12.6 Å². The molecule has 0 aliphatic rings. The molecule has 0 aliphatic heterocycles. The van der Waals surface area contributed by atoms with Crippen LogP contribution in [0.15, 0.2) is 24.3 Å². The van der Waals surface area contributed by atoms with Crippen LogP contribution in [-0.4, -0.2) is 12.1 Å². The van der Waals surface area contributed by atoms with Gasteiger partial charge in [-0.1, -0.05) is 23.7 Å². The zero-order chi connectivity index (χ0) is 13.0. The van der Waals surface area contributed by atoms with Crippen molar-refractivity contribution >= 4 is 35.6 Å². The highest BCUT2D eigenvalue weighted by Gasteiger charge is 2.10. The zero-order valence-corrected chi connectivity index (χ0v) is 12.5. The average Bonchev–Trinajstić information content (AvgIpc) is 2.75. The third kappa shape index (κ3) is 3.48. The van der Waals surface area contributed by atoms with Crippen LogP contribution in [0.4, 0.5) is 0 Å². The van der Waals surface area contributed by atoms with Gasteiger partial charge < -0.3 is 4.74 Å². The zero-order valence-electron chi connectivity index (χ0n) is 10.0. The SMILES string of the molecule is COCc1nc(Cc2ccc(Cl)cc2)sc1CS. The summed E-state index contributed by atoms with van der Waals surface area (Å²) in [7, 11) is 1.68. The molecule has 2 rings (SSSR count). The van der Waals surface area contributed by atoms with Gasteiger partial charge in [0.25, 0.3) is 0 Å². The molecule has 0 atom stereocenters. The molecule has 0 aliphatic carbocycles. The van der Waals surface area contributed by atoms with Crippen LogP contribution in [0.3, 0.4) is 0 Å². The van der Waals surface area contributed by atoms with Gasteiger partial charge in [0, 0.05) is 29.2 Å². The van der Waals surface area contributed by atoms with Crippen molar-refractivity contribution in [1.29, 1.82) is 0 Å². The molecule has 0 bridgehead atoms. The van der Waals surface area contributed by atoms with E-state index in [-0.39, 0.29) is 0 Å². The van der Waals surface area contributed by atoms with E-state index in [2.05, 4.69) is 17.6 Å². The second-order valence-electron chi connectivity index (χ2n) is 3.87. The number of hydrogen-bond donors (Lipinski definition) is 1. The number of rotatable bonds is 5. The monoisotopic (exact) mass is 299 g/mol. The number of benzene rings is 1. The van der Waals surface area contributed by atoms with Crippen LogP contribution in [0.2, 0.25) is 5.02 Å². The smallest absolute Gasteiger partial charge is 0.0976 e. The summed E-state index contributed by atoms with van der Waals surface area (Å²) >= 11 is 11.9. The first-order chi connectivity index (χ1) is 8.72. The Labute approximate surface area is 121 Å². The van der Waals surface area contributed by atoms with Crippen LogP contribution in [0, 0.1) is 0 Å². The van der Waals surface area contributed by atoms with Crippen LogP contribution in [0.25, 0.3) is 0 Å². The van der Waals surface area contributed by atoms with Crippen LogP contribution < -0.4 is 0 Å². The summed E-state index contributed by atoms with van der Waals surface area (Å²) in [5, 5.41) is 1.85. The third-order valence-corrected chi connectivity index (χ3v) is 4.40. The lowest BCUT2D eigenvalue weighted by atomic mass is 10.2. The maximum absolute atomic E-state index is 5.87. The van der Waals surface area contributed by atoms with Crippen LogP contribution in [0.5, 0.6) is 0 Å². The van der Waals surface area contributed by atoms with Gasteiger partial charge in [0.15, 0.2) is 0 Å². The van der Waals surface area contributed by atoms with Crippen molar-refractivity contribution in [3.8, 4) is 0 Å². The number of thiazole rings is 1. The van der Waals surface area contributed by atoms with Crippen LogP contribution >= 0.6 is 35.6 Å². The Morgan fingerprint density at radius 3 is 2.67 bits per heavy atom. The summed E-state index contributed by atoms with van der Waals surface area (Å²) in [6, 6.07) is 7.86. The topological polar surface area (TPSA) is 22.1 Å². The minimum atomic E-state index is 0.549. The van der Waals surface area contributed by atoms with Crippen LogP contribution in [0.1, 0.15) is 21.1 Å². The fraction of sp³-hybridized carbons (Fsp3) is 0.308. The van der Waals surface area contributed by atoms with Crippen LogP contribution in [-0.2, 0) is 23.5 Å². The molecular weight excluding hydrogens is 286 g/mol. The van der Waals surface area contributed by atoms with Crippen molar-refractivity contribution in [3.05, 3.63) is 50.4 Å². The molecule has 1 heterocycles. The molecule has 0 unspecified atom stereocenters. The molecule has 0 radical (unpaired) electrons. The van der Waals surface area contributed by atoms with Crippen molar-refractivity contribution < 1.29 is 4.74 Å². The summed E-state index contributed by atoms with van der Waals surface area (Å²) in [4.78, 5) is 5.78. The molecule has 0 saturated heterocycles. The molecule has 0 saturated carbocycles. The number of aromatic nitrogens is 1. The predicted octanol–water partition coefficient (Wildman–Crippen LogP) is 3.96. The van der Waals surface area contributed by atoms with Gasteiger partial charge >= 0.3 is 0 Å². The Balaban J connectivity index is 2.16. The lowest BCUT2D eigenvalue weighted by Gasteiger charge is -1.97. The Morgan fingerprint density at radius 1 is 1.33 bits per heavy atom. The van der Waals surface area contributed by atoms with E-state index >= 15 is 0 Å². The second-order valence-corrected chi connectivity index (χ2v) is 5.79. The molecule has 1 aromatic carbocycles. The number of hydrogen-bond acceptors (Lipinski definition) is 4. The largest absolute Gasteiger partial charge is 0.378 e. The van der Waals surface area contributed by atoms with Gasteiger partial charge in [-0.3, -0.25) is 0 Å². The van der Waals surface area contributed by atoms with Gasteiger partial charge in [-0.25, -0.2) is 4.98 Å². The van der Waals surface area contributed by atoms with Gasteiger partial charge in [-0.15, -0.1) is 11.3 Å². The van der Waals surface area contributed by atoms with E-state index in [1.165, 1.54) is 10.4 Å². The van der Waals surface area contributed by atoms with E-state index < -0.39 is 0 Å². The fourth-order valence-electron chi connectivity index (χ4n) is 1.66. The quantitative estimate of drug-likeness (QED) is 0.844. The highest BCUT2D eigenvalue weighted by Crippen LogP contribution is 2.23. The van der Waals surface area contributed by atoms with E-state index in [0.717, 1.165) is 22.1 Å². The van der Waals surface area contributed by atoms with E-state index in [9.17, 15) is 0 Å². The Morgan fingerprint density at radius 2 is 2.06 bits per heavy atom. The summed E-state index contributed by atoms with van der Waals surface area (Å²) < 4.78 is 5.14. The first-order valence-electron chi connectivity index (χ1n) is 5.54. The number of ether oxygens (including phenoxy) is 1. The number of methoxy groups -OCH3 is 1. The number of thiol groups is 1. The minimum absolute atomic E-state index is 0.549. The van der Waals surface area contributed by atoms with E-state index in [1.54, 1.807) is 18.4 Å². The maximum atomic E-state index is 5.87. The van der Waals surface area contributed by atoms with E-state index in [0.29, 0.717) is 12.4 Å². The molecule has 5 heteroatoms. The second kappa shape index (κ2) is 6.57. The normalized spacial score (nSPS) is 10.8. The predicted molar refractivity (Wildman–Crippen MR) is 79.8 cm³/mol. The molecule has 0 N–H and O–H groups in total. The molecule has 0 spiro atoms. The standard InChI is InChI=1S/C13H14ClNOS2/c1-16-7-11-12(8-17)18-13(15-11)6-9-2-4-10(14)5-3-9/h2-5,17H,6-8H2,1H3. The molecule has 96 valence electrons. The first kappa shape index (κ1) is 13.9. The lowest BCUT2D eigenvalue weighted by molar-refractivity contribution is 0.181. The Hall–Kier alpha value is -0.550. The van der Waals surface area contributed by atoms with Crippen molar-refractivity contribution in [2.45, 2.75) is 18.8 Å². The van der Waals surface area contributed by atoms with E-state index in [1.807, 2.05) is 24.3 Å². The summed E-state index contributed by atoms with van der Waals surface area (Å²) in [6.07, 6.45) is 0.826. The molecule has 18 heavy (non-hydrogen) atoms. The molecule has 1 aromatic heterocycles. The summed E-state index contributed by atoms with van der Waals surface area (Å²) in [5.74, 6) is 0.705. The third-order valence-electron chi connectivity index (χ3n) is 2.52. The van der Waals surface area contributed by atoms with E-state index in [4.69, 9.17) is 16.3 Å². The van der Waals surface area contributed by atoms with Crippen molar-refractivity contribution in [1.82, 2.24) is 4.98 Å². The Bertz CT molecular complexity index is 510. The highest BCUT2D eigenvalue weighted by molar-refractivity contribution is 7.79. The highest BCUT2D eigenvalue weighted by atomic mass is 35.5. The average molecular weight is 300 g/mol. The molecule has 0 fully saturated rings. The van der Waals surface area contributed by atoms with Crippen molar-refractivity contribution in [2.24, 2.45) is 0 Å². The fourth-order valence-corrected chi connectivity index (χ4v) is 3.13.